The van der Waals surface area contributed by atoms with Gasteiger partial charge in [0, 0.05) is 24.2 Å². The van der Waals surface area contributed by atoms with Crippen molar-refractivity contribution < 1.29 is 0 Å². The topological polar surface area (TPSA) is 17.8 Å². The monoisotopic (exact) mass is 266 g/mol. The van der Waals surface area contributed by atoms with E-state index in [0.29, 0.717) is 11.8 Å². The first-order chi connectivity index (χ1) is 7.06. The fourth-order valence-electron chi connectivity index (χ4n) is 1.24. The van der Waals surface area contributed by atoms with Crippen LogP contribution in [0.1, 0.15) is 18.2 Å². The van der Waals surface area contributed by atoms with Crippen LogP contribution in [0.2, 0.25) is 5.15 Å². The number of rotatable bonds is 5. The Morgan fingerprint density at radius 2 is 2.20 bits per heavy atom. The number of aryl methyl sites for hydroxylation is 2. The molecule has 0 aromatic carbocycles. The van der Waals surface area contributed by atoms with Crippen LogP contribution in [0.25, 0.3) is 0 Å². The number of hydrogen-bond donors (Lipinski definition) is 0. The van der Waals surface area contributed by atoms with E-state index in [0.717, 1.165) is 27.9 Å². The molecule has 0 saturated carbocycles. The zero-order chi connectivity index (χ0) is 11.4. The summed E-state index contributed by atoms with van der Waals surface area (Å²) in [7, 11) is 1.87. The molecule has 1 heterocycles. The fourth-order valence-corrected chi connectivity index (χ4v) is 2.99. The summed E-state index contributed by atoms with van der Waals surface area (Å²) in [6.45, 7) is 4.14. The van der Waals surface area contributed by atoms with Gasteiger partial charge < -0.3 is 0 Å². The van der Waals surface area contributed by atoms with E-state index >= 15 is 0 Å². The first-order valence-electron chi connectivity index (χ1n) is 4.88. The zero-order valence-electron chi connectivity index (χ0n) is 9.26. The Bertz CT molecular complexity index is 325. The molecule has 0 amide bonds. The second-order valence-electron chi connectivity index (χ2n) is 3.75. The molecule has 0 radical (unpaired) electrons. The summed E-state index contributed by atoms with van der Waals surface area (Å²) in [6, 6.07) is 0. The third-order valence-electron chi connectivity index (χ3n) is 2.18. The lowest BCUT2D eigenvalue weighted by Gasteiger charge is -2.06. The Morgan fingerprint density at radius 1 is 1.53 bits per heavy atom. The second kappa shape index (κ2) is 6.02. The van der Waals surface area contributed by atoms with Gasteiger partial charge in [0.05, 0.1) is 5.69 Å². The molecule has 0 aliphatic rings. The van der Waals surface area contributed by atoms with Gasteiger partial charge in [-0.25, -0.2) is 0 Å². The normalized spacial score (nSPS) is 13.1. The molecule has 0 aliphatic heterocycles. The maximum Gasteiger partial charge on any atom is 0.131 e. The average molecular weight is 267 g/mol. The molecule has 0 spiro atoms. The smallest absolute Gasteiger partial charge is 0.131 e. The van der Waals surface area contributed by atoms with Crippen molar-refractivity contribution in [3.8, 4) is 0 Å². The molecule has 0 saturated heterocycles. The van der Waals surface area contributed by atoms with Crippen LogP contribution in [0.4, 0.5) is 0 Å². The SMILES string of the molecule is Cc1nn(C)c(Cl)c1CSCC(C)CCl. The van der Waals surface area contributed by atoms with Gasteiger partial charge in [0.25, 0.3) is 0 Å². The van der Waals surface area contributed by atoms with Gasteiger partial charge in [-0.15, -0.1) is 11.6 Å². The number of halogens is 2. The molecule has 1 aromatic heterocycles. The van der Waals surface area contributed by atoms with Crippen molar-refractivity contribution in [1.29, 1.82) is 0 Å². The van der Waals surface area contributed by atoms with Crippen LogP contribution in [-0.4, -0.2) is 21.4 Å². The highest BCUT2D eigenvalue weighted by atomic mass is 35.5. The van der Waals surface area contributed by atoms with Crippen LogP contribution in [-0.2, 0) is 12.8 Å². The van der Waals surface area contributed by atoms with Gasteiger partial charge in [-0.05, 0) is 18.6 Å². The minimum atomic E-state index is 0.549. The predicted molar refractivity (Wildman–Crippen MR) is 69.0 cm³/mol. The number of thioether (sulfide) groups is 1. The summed E-state index contributed by atoms with van der Waals surface area (Å²) >= 11 is 13.7. The Labute approximate surface area is 105 Å². The molecule has 1 unspecified atom stereocenters. The Morgan fingerprint density at radius 3 is 2.67 bits per heavy atom. The highest BCUT2D eigenvalue weighted by molar-refractivity contribution is 7.98. The van der Waals surface area contributed by atoms with Crippen LogP contribution >= 0.6 is 35.0 Å². The predicted octanol–water partition coefficient (Wildman–Crippen LogP) is 3.49. The molecule has 1 atom stereocenters. The van der Waals surface area contributed by atoms with Gasteiger partial charge in [0.15, 0.2) is 0 Å². The van der Waals surface area contributed by atoms with E-state index in [1.165, 1.54) is 0 Å². The van der Waals surface area contributed by atoms with E-state index in [2.05, 4.69) is 12.0 Å². The Balaban J connectivity index is 2.50. The fraction of sp³-hybridized carbons (Fsp3) is 0.700. The van der Waals surface area contributed by atoms with Crippen molar-refractivity contribution in [2.45, 2.75) is 19.6 Å². The Hall–Kier alpha value is 0.140. The number of nitrogens with zero attached hydrogens (tertiary/aromatic N) is 2. The van der Waals surface area contributed by atoms with E-state index in [1.54, 1.807) is 4.68 Å². The first-order valence-corrected chi connectivity index (χ1v) is 6.94. The van der Waals surface area contributed by atoms with Gasteiger partial charge in [0.2, 0.25) is 0 Å². The Kier molecular flexibility index (Phi) is 5.30. The summed E-state index contributed by atoms with van der Waals surface area (Å²) in [5, 5.41) is 5.02. The van der Waals surface area contributed by atoms with Crippen molar-refractivity contribution in [1.82, 2.24) is 9.78 Å². The molecule has 0 bridgehead atoms. The molecular weight excluding hydrogens is 251 g/mol. The van der Waals surface area contributed by atoms with Crippen LogP contribution in [0.15, 0.2) is 0 Å². The molecule has 1 aromatic rings. The second-order valence-corrected chi connectivity index (χ2v) is 5.45. The molecule has 5 heteroatoms. The summed E-state index contributed by atoms with van der Waals surface area (Å²) in [5.74, 6) is 3.24. The van der Waals surface area contributed by atoms with Crippen molar-refractivity contribution in [3.63, 3.8) is 0 Å². The van der Waals surface area contributed by atoms with Crippen LogP contribution in [0.3, 0.4) is 0 Å². The number of alkyl halides is 1. The lowest BCUT2D eigenvalue weighted by molar-refractivity contribution is 0.757. The van der Waals surface area contributed by atoms with Crippen LogP contribution in [0.5, 0.6) is 0 Å². The van der Waals surface area contributed by atoms with Crippen molar-refractivity contribution in [2.75, 3.05) is 11.6 Å². The molecule has 2 nitrogen and oxygen atoms in total. The highest BCUT2D eigenvalue weighted by Gasteiger charge is 2.11. The van der Waals surface area contributed by atoms with Gasteiger partial charge in [0.1, 0.15) is 5.15 Å². The van der Waals surface area contributed by atoms with Gasteiger partial charge in [-0.2, -0.15) is 16.9 Å². The lowest BCUT2D eigenvalue weighted by Crippen LogP contribution is -1.99. The molecule has 15 heavy (non-hydrogen) atoms. The summed E-state index contributed by atoms with van der Waals surface area (Å²) < 4.78 is 1.72. The molecule has 0 N–H and O–H groups in total. The van der Waals surface area contributed by atoms with E-state index in [4.69, 9.17) is 23.2 Å². The van der Waals surface area contributed by atoms with Crippen molar-refractivity contribution in [2.24, 2.45) is 13.0 Å². The van der Waals surface area contributed by atoms with Crippen LogP contribution in [0, 0.1) is 12.8 Å². The third-order valence-corrected chi connectivity index (χ3v) is 4.48. The van der Waals surface area contributed by atoms with Crippen molar-refractivity contribution in [3.05, 3.63) is 16.4 Å². The number of aromatic nitrogens is 2. The molecule has 86 valence electrons. The molecule has 1 rings (SSSR count). The summed E-state index contributed by atoms with van der Waals surface area (Å²) in [6.07, 6.45) is 0. The lowest BCUT2D eigenvalue weighted by atomic mass is 10.3. The molecular formula is C10H16Cl2N2S. The van der Waals surface area contributed by atoms with E-state index in [-0.39, 0.29) is 0 Å². The minimum Gasteiger partial charge on any atom is -0.257 e. The van der Waals surface area contributed by atoms with Gasteiger partial charge in [-0.3, -0.25) is 4.68 Å². The summed E-state index contributed by atoms with van der Waals surface area (Å²) in [5.41, 5.74) is 2.17. The van der Waals surface area contributed by atoms with Gasteiger partial charge >= 0.3 is 0 Å². The quantitative estimate of drug-likeness (QED) is 0.760. The molecule has 0 aliphatic carbocycles. The highest BCUT2D eigenvalue weighted by Crippen LogP contribution is 2.24. The third kappa shape index (κ3) is 3.58. The van der Waals surface area contributed by atoms with Crippen molar-refractivity contribution >= 4 is 35.0 Å². The maximum atomic E-state index is 6.12. The average Bonchev–Trinajstić information content (AvgIpc) is 2.44. The maximum absolute atomic E-state index is 6.12. The first kappa shape index (κ1) is 13.2. The van der Waals surface area contributed by atoms with E-state index < -0.39 is 0 Å². The van der Waals surface area contributed by atoms with Crippen LogP contribution < -0.4 is 0 Å². The number of hydrogen-bond acceptors (Lipinski definition) is 2. The largest absolute Gasteiger partial charge is 0.257 e. The minimum absolute atomic E-state index is 0.549. The van der Waals surface area contributed by atoms with E-state index in [1.807, 2.05) is 25.7 Å². The van der Waals surface area contributed by atoms with Gasteiger partial charge in [-0.1, -0.05) is 18.5 Å². The molecule has 0 fully saturated rings. The zero-order valence-corrected chi connectivity index (χ0v) is 11.6. The standard InChI is InChI=1S/C10H16Cl2N2S/c1-7(4-11)5-15-6-9-8(2)13-14(3)10(9)12/h7H,4-6H2,1-3H3. The van der Waals surface area contributed by atoms with E-state index in [9.17, 15) is 0 Å². The summed E-state index contributed by atoms with van der Waals surface area (Å²) in [4.78, 5) is 0.